The van der Waals surface area contributed by atoms with E-state index in [1.54, 1.807) is 0 Å². The van der Waals surface area contributed by atoms with E-state index in [-0.39, 0.29) is 0 Å². The molecule has 0 radical (unpaired) electrons. The van der Waals surface area contributed by atoms with Crippen LogP contribution in [0.3, 0.4) is 0 Å². The van der Waals surface area contributed by atoms with Gasteiger partial charge in [-0.25, -0.2) is 0 Å². The summed E-state index contributed by atoms with van der Waals surface area (Å²) in [7, 11) is 2.35. The first-order valence-corrected chi connectivity index (χ1v) is 10.2. The van der Waals surface area contributed by atoms with Crippen LogP contribution >= 0.6 is 0 Å². The van der Waals surface area contributed by atoms with Crippen molar-refractivity contribution in [3.63, 3.8) is 0 Å². The lowest BCUT2D eigenvalue weighted by Gasteiger charge is -2.43. The minimum Gasteiger partial charge on any atom is -0.306 e. The number of hydrogen-bond donors (Lipinski definition) is 0. The van der Waals surface area contributed by atoms with Crippen molar-refractivity contribution in [2.45, 2.75) is 78.3 Å². The third kappa shape index (κ3) is 6.00. The molecule has 2 heterocycles. The third-order valence-electron chi connectivity index (χ3n) is 6.27. The molecule has 0 aromatic carbocycles. The van der Waals surface area contributed by atoms with Crippen LogP contribution < -0.4 is 0 Å². The summed E-state index contributed by atoms with van der Waals surface area (Å²) in [5.74, 6) is 1.81. The molecule has 2 rings (SSSR count). The molecule has 2 aliphatic rings. The minimum atomic E-state index is 0.345. The van der Waals surface area contributed by atoms with E-state index < -0.39 is 0 Å². The summed E-state index contributed by atoms with van der Waals surface area (Å²) in [6.45, 7) is 21.8. The van der Waals surface area contributed by atoms with E-state index in [0.29, 0.717) is 11.1 Å². The summed E-state index contributed by atoms with van der Waals surface area (Å²) in [4.78, 5) is 7.95. The van der Waals surface area contributed by atoms with Crippen LogP contribution in [0.15, 0.2) is 0 Å². The second-order valence-electron chi connectivity index (χ2n) is 10.4. The van der Waals surface area contributed by atoms with Crippen LogP contribution in [-0.4, -0.2) is 72.1 Å². The van der Waals surface area contributed by atoms with Crippen molar-refractivity contribution in [1.29, 1.82) is 0 Å². The van der Waals surface area contributed by atoms with Gasteiger partial charge in [-0.15, -0.1) is 0 Å². The maximum atomic E-state index is 2.66. The van der Waals surface area contributed by atoms with Gasteiger partial charge in [0.25, 0.3) is 0 Å². The molecule has 3 heteroatoms. The highest BCUT2D eigenvalue weighted by atomic mass is 15.2. The van der Waals surface area contributed by atoms with E-state index in [9.17, 15) is 0 Å². The fourth-order valence-corrected chi connectivity index (χ4v) is 4.53. The maximum Gasteiger partial charge on any atom is 0.0125 e. The SMILES string of the molecule is CN(CC1CCN(C(C)(C)C)CC1)CC1CCN(C(C)(C)C)CC1. The van der Waals surface area contributed by atoms with Crippen molar-refractivity contribution in [2.75, 3.05) is 46.3 Å². The molecular formula is C21H43N3. The van der Waals surface area contributed by atoms with Gasteiger partial charge in [0, 0.05) is 24.2 Å². The molecule has 142 valence electrons. The van der Waals surface area contributed by atoms with Gasteiger partial charge in [-0.2, -0.15) is 0 Å². The Morgan fingerprint density at radius 2 is 0.958 bits per heavy atom. The normalized spacial score (nSPS) is 24.0. The number of rotatable bonds is 4. The lowest BCUT2D eigenvalue weighted by Crippen LogP contribution is -2.48. The van der Waals surface area contributed by atoms with Crippen molar-refractivity contribution in [3.8, 4) is 0 Å². The van der Waals surface area contributed by atoms with Gasteiger partial charge < -0.3 is 4.90 Å². The number of nitrogens with zero attached hydrogens (tertiary/aromatic N) is 3. The highest BCUT2D eigenvalue weighted by molar-refractivity contribution is 4.85. The van der Waals surface area contributed by atoms with E-state index >= 15 is 0 Å². The lowest BCUT2D eigenvalue weighted by molar-refractivity contribution is 0.0625. The quantitative estimate of drug-likeness (QED) is 0.769. The van der Waals surface area contributed by atoms with E-state index in [4.69, 9.17) is 0 Å². The fraction of sp³-hybridized carbons (Fsp3) is 1.00. The maximum absolute atomic E-state index is 2.66. The van der Waals surface area contributed by atoms with Crippen molar-refractivity contribution in [2.24, 2.45) is 11.8 Å². The first-order valence-electron chi connectivity index (χ1n) is 10.2. The standard InChI is InChI=1S/C21H43N3/c1-20(2,3)23-12-8-18(9-13-23)16-22(7)17-19-10-14-24(15-11-19)21(4,5)6/h18-19H,8-17H2,1-7H3. The molecule has 24 heavy (non-hydrogen) atoms. The van der Waals surface area contributed by atoms with Gasteiger partial charge in [-0.05, 0) is 112 Å². The van der Waals surface area contributed by atoms with E-state index in [1.165, 1.54) is 65.0 Å². The Kier molecular flexibility index (Phi) is 6.78. The van der Waals surface area contributed by atoms with Crippen LogP contribution in [0.2, 0.25) is 0 Å². The first-order chi connectivity index (χ1) is 11.1. The summed E-state index contributed by atoms with van der Waals surface area (Å²) in [6.07, 6.45) is 5.52. The lowest BCUT2D eigenvalue weighted by atomic mass is 9.91. The van der Waals surface area contributed by atoms with Crippen molar-refractivity contribution in [1.82, 2.24) is 14.7 Å². The van der Waals surface area contributed by atoms with Crippen molar-refractivity contribution >= 4 is 0 Å². The summed E-state index contributed by atoms with van der Waals surface area (Å²) >= 11 is 0. The smallest absolute Gasteiger partial charge is 0.0125 e. The predicted octanol–water partition coefficient (Wildman–Crippen LogP) is 3.94. The van der Waals surface area contributed by atoms with Crippen molar-refractivity contribution in [3.05, 3.63) is 0 Å². The van der Waals surface area contributed by atoms with Gasteiger partial charge in [-0.1, -0.05) is 0 Å². The Labute approximate surface area is 151 Å². The van der Waals surface area contributed by atoms with E-state index in [1.807, 2.05) is 0 Å². The monoisotopic (exact) mass is 337 g/mol. The first kappa shape index (κ1) is 20.2. The van der Waals surface area contributed by atoms with Crippen LogP contribution in [0.25, 0.3) is 0 Å². The molecule has 0 atom stereocenters. The van der Waals surface area contributed by atoms with Crippen molar-refractivity contribution < 1.29 is 0 Å². The van der Waals surface area contributed by atoms with Crippen LogP contribution in [0.5, 0.6) is 0 Å². The second-order valence-corrected chi connectivity index (χ2v) is 10.4. The minimum absolute atomic E-state index is 0.345. The molecule has 0 amide bonds. The van der Waals surface area contributed by atoms with Gasteiger partial charge in [0.15, 0.2) is 0 Å². The molecule has 0 spiro atoms. The van der Waals surface area contributed by atoms with Gasteiger partial charge in [-0.3, -0.25) is 9.80 Å². The van der Waals surface area contributed by atoms with Gasteiger partial charge in [0.05, 0.1) is 0 Å². The second kappa shape index (κ2) is 8.05. The van der Waals surface area contributed by atoms with E-state index in [2.05, 4.69) is 63.3 Å². The highest BCUT2D eigenvalue weighted by Crippen LogP contribution is 2.26. The molecule has 0 unspecified atom stereocenters. The van der Waals surface area contributed by atoms with Gasteiger partial charge >= 0.3 is 0 Å². The molecule has 0 saturated carbocycles. The molecule has 2 aliphatic heterocycles. The molecule has 0 N–H and O–H groups in total. The topological polar surface area (TPSA) is 9.72 Å². The number of likely N-dealkylation sites (tertiary alicyclic amines) is 2. The zero-order chi connectivity index (χ0) is 18.0. The average molecular weight is 338 g/mol. The summed E-state index contributed by atoms with van der Waals surface area (Å²) in [5.41, 5.74) is 0.690. The average Bonchev–Trinajstić information content (AvgIpc) is 2.46. The summed E-state index contributed by atoms with van der Waals surface area (Å²) < 4.78 is 0. The van der Waals surface area contributed by atoms with Crippen LogP contribution in [-0.2, 0) is 0 Å². The molecule has 2 saturated heterocycles. The highest BCUT2D eigenvalue weighted by Gasteiger charge is 2.29. The van der Waals surface area contributed by atoms with Crippen LogP contribution in [0.1, 0.15) is 67.2 Å². The van der Waals surface area contributed by atoms with E-state index in [0.717, 1.165) is 11.8 Å². The van der Waals surface area contributed by atoms with Crippen LogP contribution in [0.4, 0.5) is 0 Å². The Balaban J connectivity index is 1.67. The summed E-state index contributed by atoms with van der Waals surface area (Å²) in [5, 5.41) is 0. The predicted molar refractivity (Wildman–Crippen MR) is 106 cm³/mol. The summed E-state index contributed by atoms with van der Waals surface area (Å²) in [6, 6.07) is 0. The molecule has 3 nitrogen and oxygen atoms in total. The number of hydrogen-bond acceptors (Lipinski definition) is 3. The molecule has 0 bridgehead atoms. The molecule has 0 aliphatic carbocycles. The Morgan fingerprint density at radius 1 is 0.667 bits per heavy atom. The zero-order valence-electron chi connectivity index (χ0n) is 17.6. The van der Waals surface area contributed by atoms with Gasteiger partial charge in [0.2, 0.25) is 0 Å². The fourth-order valence-electron chi connectivity index (χ4n) is 4.53. The molecule has 0 aromatic heterocycles. The third-order valence-corrected chi connectivity index (χ3v) is 6.27. The Morgan fingerprint density at radius 3 is 1.21 bits per heavy atom. The molecular weight excluding hydrogens is 294 g/mol. The largest absolute Gasteiger partial charge is 0.306 e. The Hall–Kier alpha value is -0.120. The Bertz CT molecular complexity index is 328. The van der Waals surface area contributed by atoms with Gasteiger partial charge in [0.1, 0.15) is 0 Å². The van der Waals surface area contributed by atoms with Crippen LogP contribution in [0, 0.1) is 11.8 Å². The zero-order valence-corrected chi connectivity index (χ0v) is 17.6. The molecule has 2 fully saturated rings. The number of piperidine rings is 2. The molecule has 0 aromatic rings.